The van der Waals surface area contributed by atoms with Crippen molar-refractivity contribution in [1.29, 1.82) is 0 Å². The summed E-state index contributed by atoms with van der Waals surface area (Å²) in [6.45, 7) is 8.50. The molecule has 7 atom stereocenters. The first kappa shape index (κ1) is 36.3. The van der Waals surface area contributed by atoms with Crippen LogP contribution in [0.4, 0.5) is 11.4 Å². The molecule has 2 aromatic rings. The smallest absolute Gasteiger partial charge is 0.342 e. The van der Waals surface area contributed by atoms with Gasteiger partial charge in [-0.05, 0) is 107 Å². The number of benzene rings is 2. The monoisotopic (exact) mass is 698 g/mol. The summed E-state index contributed by atoms with van der Waals surface area (Å²) in [6.07, 6.45) is 6.72. The molecule has 0 bridgehead atoms. The van der Waals surface area contributed by atoms with Gasteiger partial charge in [-0.2, -0.15) is 10.2 Å². The van der Waals surface area contributed by atoms with Crippen LogP contribution in [0.1, 0.15) is 82.6 Å². The minimum atomic E-state index is -1.77. The molecule has 0 amide bonds. The molecule has 0 aliphatic heterocycles. The predicted molar refractivity (Wildman–Crippen MR) is 187 cm³/mol. The highest BCUT2D eigenvalue weighted by Crippen LogP contribution is 2.67. The molecule has 0 heterocycles. The first-order valence-corrected chi connectivity index (χ1v) is 17.5. The number of rotatable bonds is 8. The molecule has 11 heteroatoms. The SMILES string of the molecule is CC(C)(C)OC(=O)c1cc(/N=N/c2ccccc2CC(=O)OCC(=O)C2(O)CCC3C4CCC5=CC(=O)C=CC5(C)C4C(O)CC32C)ccc1O. The number of aliphatic hydroxyl groups excluding tert-OH is 1. The number of ether oxygens (including phenoxy) is 2. The van der Waals surface area contributed by atoms with Crippen molar-refractivity contribution in [3.05, 3.63) is 77.4 Å². The van der Waals surface area contributed by atoms with Gasteiger partial charge in [-0.1, -0.05) is 43.7 Å². The van der Waals surface area contributed by atoms with E-state index >= 15 is 0 Å². The first-order valence-electron chi connectivity index (χ1n) is 17.5. The quantitative estimate of drug-likeness (QED) is 0.208. The Balaban J connectivity index is 1.11. The van der Waals surface area contributed by atoms with Gasteiger partial charge in [0.05, 0.1) is 23.9 Å². The third-order valence-electron chi connectivity index (χ3n) is 11.7. The molecule has 3 fully saturated rings. The summed E-state index contributed by atoms with van der Waals surface area (Å²) in [5.74, 6) is -2.37. The molecule has 4 aliphatic rings. The van der Waals surface area contributed by atoms with Crippen LogP contribution >= 0.6 is 0 Å². The topological polar surface area (TPSA) is 172 Å². The number of hydrogen-bond acceptors (Lipinski definition) is 11. The Morgan fingerprint density at radius 1 is 1.04 bits per heavy atom. The lowest BCUT2D eigenvalue weighted by atomic mass is 9.46. The lowest BCUT2D eigenvalue weighted by molar-refractivity contribution is -0.181. The van der Waals surface area contributed by atoms with Gasteiger partial charge < -0.3 is 24.8 Å². The van der Waals surface area contributed by atoms with E-state index in [9.17, 15) is 34.5 Å². The van der Waals surface area contributed by atoms with E-state index < -0.39 is 52.5 Å². The Kier molecular flexibility index (Phi) is 9.43. The average Bonchev–Trinajstić information content (AvgIpc) is 3.33. The van der Waals surface area contributed by atoms with Crippen LogP contribution in [0.15, 0.2) is 76.5 Å². The van der Waals surface area contributed by atoms with Crippen LogP contribution in [0.2, 0.25) is 0 Å². The lowest BCUT2D eigenvalue weighted by Crippen LogP contribution is -2.61. The molecule has 3 saturated carbocycles. The Morgan fingerprint density at radius 3 is 2.53 bits per heavy atom. The Labute approximate surface area is 297 Å². The van der Waals surface area contributed by atoms with Crippen molar-refractivity contribution in [3.8, 4) is 5.75 Å². The zero-order valence-electron chi connectivity index (χ0n) is 29.7. The average molecular weight is 699 g/mol. The van der Waals surface area contributed by atoms with Gasteiger partial charge in [0.25, 0.3) is 0 Å². The number of esters is 2. The van der Waals surface area contributed by atoms with Crippen LogP contribution in [-0.2, 0) is 30.3 Å². The van der Waals surface area contributed by atoms with E-state index in [4.69, 9.17) is 9.47 Å². The third kappa shape index (κ3) is 6.69. The number of aromatic hydroxyl groups is 1. The highest BCUT2D eigenvalue weighted by Gasteiger charge is 2.68. The van der Waals surface area contributed by atoms with E-state index in [0.717, 1.165) is 18.4 Å². The standard InChI is InChI=1S/C40H46N2O9/c1-37(2,3)51-36(48)28-20-25(11-13-31(28)44)41-42-30-9-7-6-8-23(30)18-34(47)50-22-33(46)40(49)17-15-29-27-12-10-24-19-26(43)14-16-38(24,4)35(27)32(45)21-39(29,40)5/h6-9,11,13-14,16,19-20,27,29,32,35,44-45,49H,10,12,15,17-18,21-22H2,1-5H3/b42-41+. The second-order valence-corrected chi connectivity index (χ2v) is 15.9. The van der Waals surface area contributed by atoms with Crippen molar-refractivity contribution in [1.82, 2.24) is 0 Å². The zero-order valence-corrected chi connectivity index (χ0v) is 29.7. The van der Waals surface area contributed by atoms with Gasteiger partial charge in [-0.25, -0.2) is 4.79 Å². The van der Waals surface area contributed by atoms with E-state index in [1.165, 1.54) is 18.2 Å². The molecular formula is C40H46N2O9. The number of phenolic OH excluding ortho intramolecular Hbond substituents is 1. The molecule has 2 aromatic carbocycles. The Morgan fingerprint density at radius 2 is 1.78 bits per heavy atom. The van der Waals surface area contributed by atoms with E-state index in [0.29, 0.717) is 17.7 Å². The molecule has 0 spiro atoms. The Hall–Kier alpha value is -4.48. The van der Waals surface area contributed by atoms with Gasteiger partial charge in [0.1, 0.15) is 22.5 Å². The largest absolute Gasteiger partial charge is 0.507 e. The second kappa shape index (κ2) is 13.2. The van der Waals surface area contributed by atoms with Crippen molar-refractivity contribution >= 4 is 34.9 Å². The van der Waals surface area contributed by atoms with Crippen molar-refractivity contribution < 1.29 is 44.0 Å². The molecule has 11 nitrogen and oxygen atoms in total. The number of carbonyl (C=O) groups excluding carboxylic acids is 4. The number of ketones is 2. The maximum Gasteiger partial charge on any atom is 0.342 e. The molecule has 6 rings (SSSR count). The van der Waals surface area contributed by atoms with Gasteiger partial charge in [0, 0.05) is 16.7 Å². The summed E-state index contributed by atoms with van der Waals surface area (Å²) in [7, 11) is 0. The minimum Gasteiger partial charge on any atom is -0.507 e. The van der Waals surface area contributed by atoms with Crippen LogP contribution in [0.25, 0.3) is 0 Å². The van der Waals surface area contributed by atoms with Gasteiger partial charge in [0.15, 0.2) is 12.4 Å². The van der Waals surface area contributed by atoms with Crippen molar-refractivity contribution in [3.63, 3.8) is 0 Å². The van der Waals surface area contributed by atoms with Crippen LogP contribution in [0.3, 0.4) is 0 Å². The van der Waals surface area contributed by atoms with Gasteiger partial charge in [-0.3, -0.25) is 14.4 Å². The normalized spacial score (nSPS) is 31.4. The molecule has 0 aromatic heterocycles. The number of carbonyl (C=O) groups is 4. The summed E-state index contributed by atoms with van der Waals surface area (Å²) in [4.78, 5) is 51.4. The van der Waals surface area contributed by atoms with Gasteiger partial charge in [-0.15, -0.1) is 0 Å². The fourth-order valence-electron chi connectivity index (χ4n) is 9.21. The summed E-state index contributed by atoms with van der Waals surface area (Å²) in [5, 5.41) is 42.3. The molecule has 51 heavy (non-hydrogen) atoms. The number of azo groups is 1. The maximum atomic E-state index is 13.7. The first-order chi connectivity index (χ1) is 23.9. The van der Waals surface area contributed by atoms with Crippen molar-refractivity contribution in [2.75, 3.05) is 6.61 Å². The minimum absolute atomic E-state index is 0.0222. The Bertz CT molecular complexity index is 1860. The van der Waals surface area contributed by atoms with E-state index in [-0.39, 0.29) is 59.8 Å². The number of Topliss-reactive ketones (excluding diaryl/α,β-unsaturated/α-hetero) is 1. The van der Waals surface area contributed by atoms with Gasteiger partial charge in [0.2, 0.25) is 5.78 Å². The molecular weight excluding hydrogens is 652 g/mol. The van der Waals surface area contributed by atoms with Crippen LogP contribution in [0.5, 0.6) is 5.75 Å². The van der Waals surface area contributed by atoms with Crippen LogP contribution < -0.4 is 0 Å². The highest BCUT2D eigenvalue weighted by atomic mass is 16.6. The number of nitrogens with zero attached hydrogens (tertiary/aromatic N) is 2. The fourth-order valence-corrected chi connectivity index (χ4v) is 9.21. The number of fused-ring (bicyclic) bond motifs is 5. The van der Waals surface area contributed by atoms with E-state index in [2.05, 4.69) is 17.2 Å². The molecule has 7 unspecified atom stereocenters. The number of phenols is 1. The van der Waals surface area contributed by atoms with Crippen molar-refractivity contribution in [2.45, 2.75) is 90.4 Å². The molecule has 3 N–H and O–H groups in total. The maximum absolute atomic E-state index is 13.7. The number of allylic oxidation sites excluding steroid dienone is 4. The van der Waals surface area contributed by atoms with E-state index in [1.54, 1.807) is 57.2 Å². The number of aliphatic hydroxyl groups is 2. The lowest BCUT2D eigenvalue weighted by Gasteiger charge is -2.59. The zero-order chi connectivity index (χ0) is 36.9. The van der Waals surface area contributed by atoms with Crippen LogP contribution in [-0.4, -0.2) is 62.7 Å². The number of hydrogen-bond donors (Lipinski definition) is 3. The second-order valence-electron chi connectivity index (χ2n) is 15.9. The fraction of sp³-hybridized carbons (Fsp3) is 0.500. The predicted octanol–water partition coefficient (Wildman–Crippen LogP) is 6.43. The summed E-state index contributed by atoms with van der Waals surface area (Å²) >= 11 is 0. The van der Waals surface area contributed by atoms with Crippen LogP contribution in [0, 0.1) is 28.6 Å². The van der Waals surface area contributed by atoms with Gasteiger partial charge >= 0.3 is 11.9 Å². The summed E-state index contributed by atoms with van der Waals surface area (Å²) in [5.41, 5.74) is -1.81. The molecule has 0 radical (unpaired) electrons. The molecule has 4 aliphatic carbocycles. The van der Waals surface area contributed by atoms with Crippen molar-refractivity contribution in [2.24, 2.45) is 38.8 Å². The molecule has 0 saturated heterocycles. The summed E-state index contributed by atoms with van der Waals surface area (Å²) in [6, 6.07) is 10.9. The third-order valence-corrected chi connectivity index (χ3v) is 11.7. The highest BCUT2D eigenvalue weighted by molar-refractivity contribution is 6.01. The summed E-state index contributed by atoms with van der Waals surface area (Å²) < 4.78 is 10.8. The van der Waals surface area contributed by atoms with E-state index in [1.807, 2.05) is 13.0 Å². The molecule has 270 valence electrons.